The van der Waals surface area contributed by atoms with E-state index in [-0.39, 0.29) is 12.5 Å². The van der Waals surface area contributed by atoms with E-state index < -0.39 is 0 Å². The lowest BCUT2D eigenvalue weighted by atomic mass is 9.88. The van der Waals surface area contributed by atoms with Crippen LogP contribution in [0.4, 0.5) is 0 Å². The normalized spacial score (nSPS) is 15.2. The Morgan fingerprint density at radius 1 is 0.606 bits per heavy atom. The number of nitrogens with zero attached hydrogens (tertiary/aromatic N) is 2. The fourth-order valence-electron chi connectivity index (χ4n) is 4.60. The summed E-state index contributed by atoms with van der Waals surface area (Å²) in [5, 5.41) is 0. The molecule has 0 bridgehead atoms. The van der Waals surface area contributed by atoms with Gasteiger partial charge in [0.25, 0.3) is 0 Å². The first-order chi connectivity index (χ1) is 15.5. The summed E-state index contributed by atoms with van der Waals surface area (Å²) in [6.45, 7) is 8.99. The number of unbranched alkanes of at least 4 members (excludes halogenated alkanes) is 4. The van der Waals surface area contributed by atoms with Crippen molar-refractivity contribution >= 4 is 0 Å². The molecule has 3 atom stereocenters. The summed E-state index contributed by atoms with van der Waals surface area (Å²) in [6.07, 6.45) is 12.4. The Kier molecular flexibility index (Phi) is 12.8. The van der Waals surface area contributed by atoms with E-state index in [1.807, 2.05) is 0 Å². The largest absolute Gasteiger partial charge is 0.443 e. The van der Waals surface area contributed by atoms with Crippen molar-refractivity contribution in [3.8, 4) is 11.5 Å². The van der Waals surface area contributed by atoms with Crippen LogP contribution in [-0.2, 0) is 0 Å². The summed E-state index contributed by atoms with van der Waals surface area (Å²) in [5.74, 6) is 2.48. The molecule has 0 aromatic heterocycles. The van der Waals surface area contributed by atoms with Gasteiger partial charge < -0.3 is 9.47 Å². The molecule has 4 heteroatoms. The molecule has 192 valence electrons. The summed E-state index contributed by atoms with van der Waals surface area (Å²) in [4.78, 5) is 0. The zero-order valence-electron chi connectivity index (χ0n) is 23.7. The second-order valence-electron chi connectivity index (χ2n) is 11.6. The molecule has 0 amide bonds. The number of rotatable bonds is 17. The smallest absolute Gasteiger partial charge is 0.232 e. The highest BCUT2D eigenvalue weighted by atomic mass is 16.5. The first-order valence-corrected chi connectivity index (χ1v) is 13.6. The van der Waals surface area contributed by atoms with Crippen molar-refractivity contribution in [2.24, 2.45) is 0 Å². The second kappa shape index (κ2) is 14.2. The van der Waals surface area contributed by atoms with Crippen molar-refractivity contribution in [1.82, 2.24) is 0 Å². The molecule has 0 aliphatic heterocycles. The van der Waals surface area contributed by atoms with Gasteiger partial charge in [-0.15, -0.1) is 0 Å². The molecule has 0 spiro atoms. The molecule has 33 heavy (non-hydrogen) atoms. The first-order valence-electron chi connectivity index (χ1n) is 13.6. The predicted molar refractivity (Wildman–Crippen MR) is 143 cm³/mol. The van der Waals surface area contributed by atoms with Gasteiger partial charge in [0.15, 0.2) is 0 Å². The van der Waals surface area contributed by atoms with Crippen LogP contribution in [0.5, 0.6) is 11.5 Å². The number of ether oxygens (including phenoxy) is 2. The molecule has 1 rings (SSSR count). The van der Waals surface area contributed by atoms with E-state index in [0.29, 0.717) is 5.92 Å². The zero-order valence-corrected chi connectivity index (χ0v) is 23.7. The molecule has 3 unspecified atom stereocenters. The third kappa shape index (κ3) is 10.7. The van der Waals surface area contributed by atoms with Crippen LogP contribution >= 0.6 is 0 Å². The van der Waals surface area contributed by atoms with Crippen molar-refractivity contribution in [1.29, 1.82) is 0 Å². The van der Waals surface area contributed by atoms with Gasteiger partial charge >= 0.3 is 0 Å². The lowest BCUT2D eigenvalue weighted by molar-refractivity contribution is -0.915. The standard InChI is InChI=1S/C29H56N2O2/c1-11-15-17-18-20-24(19-16-12-2)25-21-26(32-28(13-3)30(5,6)7)23-27(22-25)33-29(14-4)31(8,9)10/h21-24,28-29H,11-20H2,1-10H3/q+2. The van der Waals surface area contributed by atoms with Crippen molar-refractivity contribution in [2.45, 2.75) is 110 Å². The van der Waals surface area contributed by atoms with Crippen LogP contribution in [0.25, 0.3) is 0 Å². The van der Waals surface area contributed by atoms with Crippen molar-refractivity contribution in [3.05, 3.63) is 23.8 Å². The van der Waals surface area contributed by atoms with Crippen molar-refractivity contribution in [2.75, 3.05) is 42.3 Å². The number of quaternary nitrogens is 2. The van der Waals surface area contributed by atoms with Crippen LogP contribution in [0.1, 0.15) is 103 Å². The number of hydrogen-bond acceptors (Lipinski definition) is 2. The summed E-state index contributed by atoms with van der Waals surface area (Å²) in [5.41, 5.74) is 1.39. The van der Waals surface area contributed by atoms with Crippen LogP contribution in [0.2, 0.25) is 0 Å². The maximum Gasteiger partial charge on any atom is 0.232 e. The van der Waals surface area contributed by atoms with Gasteiger partial charge in [-0.3, -0.25) is 8.97 Å². The summed E-state index contributed by atoms with van der Waals surface area (Å²) in [6, 6.07) is 6.73. The Morgan fingerprint density at radius 3 is 1.45 bits per heavy atom. The molecule has 0 heterocycles. The number of benzene rings is 1. The maximum atomic E-state index is 6.60. The molecule has 1 aromatic carbocycles. The Morgan fingerprint density at radius 2 is 1.06 bits per heavy atom. The lowest BCUT2D eigenvalue weighted by Crippen LogP contribution is -2.48. The Balaban J connectivity index is 3.32. The molecular weight excluding hydrogens is 408 g/mol. The van der Waals surface area contributed by atoms with E-state index in [1.54, 1.807) is 0 Å². The average molecular weight is 465 g/mol. The maximum absolute atomic E-state index is 6.60. The zero-order chi connectivity index (χ0) is 25.1. The molecule has 0 N–H and O–H groups in total. The van der Waals surface area contributed by atoms with Crippen molar-refractivity contribution in [3.63, 3.8) is 0 Å². The van der Waals surface area contributed by atoms with E-state index in [2.05, 4.69) is 88.2 Å². The van der Waals surface area contributed by atoms with Gasteiger partial charge in [0.1, 0.15) is 11.5 Å². The van der Waals surface area contributed by atoms with Gasteiger partial charge in [0.05, 0.1) is 42.3 Å². The fourth-order valence-corrected chi connectivity index (χ4v) is 4.60. The molecule has 0 fully saturated rings. The Bertz CT molecular complexity index is 618. The van der Waals surface area contributed by atoms with E-state index in [0.717, 1.165) is 33.3 Å². The summed E-state index contributed by atoms with van der Waals surface area (Å²) >= 11 is 0. The Hall–Kier alpha value is -1.26. The molecule has 0 aliphatic rings. The van der Waals surface area contributed by atoms with Crippen LogP contribution < -0.4 is 9.47 Å². The molecule has 0 saturated heterocycles. The average Bonchev–Trinajstić information content (AvgIpc) is 2.73. The first kappa shape index (κ1) is 29.8. The summed E-state index contributed by atoms with van der Waals surface area (Å²) in [7, 11) is 13.2. The highest BCUT2D eigenvalue weighted by Crippen LogP contribution is 2.35. The van der Waals surface area contributed by atoms with Crippen LogP contribution in [-0.4, -0.2) is 63.7 Å². The summed E-state index contributed by atoms with van der Waals surface area (Å²) < 4.78 is 14.8. The third-order valence-electron chi connectivity index (χ3n) is 6.66. The van der Waals surface area contributed by atoms with Gasteiger partial charge in [0.2, 0.25) is 12.5 Å². The quantitative estimate of drug-likeness (QED) is 0.134. The highest BCUT2D eigenvalue weighted by Gasteiger charge is 2.27. The van der Waals surface area contributed by atoms with E-state index >= 15 is 0 Å². The second-order valence-corrected chi connectivity index (χ2v) is 11.6. The van der Waals surface area contributed by atoms with Gasteiger partial charge in [-0.1, -0.05) is 66.2 Å². The van der Waals surface area contributed by atoms with E-state index in [4.69, 9.17) is 9.47 Å². The third-order valence-corrected chi connectivity index (χ3v) is 6.66. The molecule has 0 saturated carbocycles. The SMILES string of the molecule is CCCCCCC(CCCC)c1cc(OC(CC)[N+](C)(C)C)cc(OC(CC)[N+](C)(C)C)c1. The topological polar surface area (TPSA) is 18.5 Å². The molecular formula is C29H56N2O2+2. The van der Waals surface area contributed by atoms with E-state index in [9.17, 15) is 0 Å². The van der Waals surface area contributed by atoms with Gasteiger partial charge in [-0.2, -0.15) is 0 Å². The van der Waals surface area contributed by atoms with Gasteiger partial charge in [-0.25, -0.2) is 0 Å². The minimum Gasteiger partial charge on any atom is -0.443 e. The minimum absolute atomic E-state index is 0.118. The molecule has 0 aliphatic carbocycles. The van der Waals surface area contributed by atoms with Crippen LogP contribution in [0.3, 0.4) is 0 Å². The fraction of sp³-hybridized carbons (Fsp3) is 0.793. The molecule has 4 nitrogen and oxygen atoms in total. The Labute approximate surface area is 206 Å². The number of hydrogen-bond donors (Lipinski definition) is 0. The van der Waals surface area contributed by atoms with Gasteiger partial charge in [0, 0.05) is 18.9 Å². The van der Waals surface area contributed by atoms with Crippen LogP contribution in [0.15, 0.2) is 18.2 Å². The minimum atomic E-state index is 0.118. The highest BCUT2D eigenvalue weighted by molar-refractivity contribution is 5.40. The molecule has 0 radical (unpaired) electrons. The van der Waals surface area contributed by atoms with Crippen molar-refractivity contribution < 1.29 is 18.4 Å². The van der Waals surface area contributed by atoms with E-state index in [1.165, 1.54) is 56.9 Å². The van der Waals surface area contributed by atoms with Crippen LogP contribution in [0, 0.1) is 0 Å². The predicted octanol–water partition coefficient (Wildman–Crippen LogP) is 7.57. The van der Waals surface area contributed by atoms with Gasteiger partial charge in [-0.05, 0) is 36.5 Å². The molecule has 1 aromatic rings. The monoisotopic (exact) mass is 464 g/mol. The lowest BCUT2D eigenvalue weighted by Gasteiger charge is -2.34.